The molecule has 0 bridgehead atoms. The lowest BCUT2D eigenvalue weighted by Gasteiger charge is -2.34. The Morgan fingerprint density at radius 1 is 0.914 bits per heavy atom. The van der Waals surface area contributed by atoms with E-state index in [-0.39, 0.29) is 5.57 Å². The minimum absolute atomic E-state index is 0.0166. The van der Waals surface area contributed by atoms with Gasteiger partial charge < -0.3 is 14.6 Å². The molecule has 6 nitrogen and oxygen atoms in total. The third-order valence-electron chi connectivity index (χ3n) is 5.97. The molecule has 2 atom stereocenters. The third kappa shape index (κ3) is 4.57. The lowest BCUT2D eigenvalue weighted by Crippen LogP contribution is -2.46. The van der Waals surface area contributed by atoms with Gasteiger partial charge in [0.25, 0.3) is 11.7 Å². The van der Waals surface area contributed by atoms with E-state index < -0.39 is 29.7 Å². The number of aromatic nitrogens is 2. The lowest BCUT2D eigenvalue weighted by molar-refractivity contribution is -0.716. The molecule has 176 valence electrons. The van der Waals surface area contributed by atoms with Crippen LogP contribution in [0, 0.1) is 0 Å². The Labute approximate surface area is 208 Å². The number of halogens is 1. The molecule has 2 aromatic carbocycles. The first-order valence-electron chi connectivity index (χ1n) is 11.2. The number of aliphatic hydroxyl groups is 1. The minimum Gasteiger partial charge on any atom is -0.480 e. The van der Waals surface area contributed by atoms with Crippen molar-refractivity contribution in [2.45, 2.75) is 31.6 Å². The maximum Gasteiger partial charge on any atom is 0.345 e. The number of hydrogen-bond donors (Lipinski definition) is 1. The zero-order chi connectivity index (χ0) is 24.6. The summed E-state index contributed by atoms with van der Waals surface area (Å²) in [5.74, 6) is -3.10. The van der Waals surface area contributed by atoms with Crippen molar-refractivity contribution in [1.29, 1.82) is 0 Å². The number of esters is 1. The monoisotopic (exact) mass is 487 g/mol. The van der Waals surface area contributed by atoms with Crippen molar-refractivity contribution in [3.63, 3.8) is 0 Å². The van der Waals surface area contributed by atoms with Gasteiger partial charge in [0, 0.05) is 36.4 Å². The molecular weight excluding hydrogens is 464 g/mol. The van der Waals surface area contributed by atoms with Gasteiger partial charge in [-0.1, -0.05) is 54.1 Å². The van der Waals surface area contributed by atoms with E-state index in [1.807, 2.05) is 83.7 Å². The van der Waals surface area contributed by atoms with Crippen LogP contribution in [-0.2, 0) is 14.3 Å². The second kappa shape index (κ2) is 9.04. The van der Waals surface area contributed by atoms with Crippen molar-refractivity contribution >= 4 is 28.5 Å². The van der Waals surface area contributed by atoms with Crippen molar-refractivity contribution in [2.24, 2.45) is 0 Å². The molecule has 0 amide bonds. The van der Waals surface area contributed by atoms with Crippen LogP contribution in [0.4, 0.5) is 0 Å². The first-order valence-corrected chi connectivity index (χ1v) is 11.6. The number of pyridine rings is 2. The first-order chi connectivity index (χ1) is 16.8. The van der Waals surface area contributed by atoms with Crippen LogP contribution < -0.4 is 4.57 Å². The maximum atomic E-state index is 13.3. The van der Waals surface area contributed by atoms with Crippen LogP contribution in [0.15, 0.2) is 103 Å². The van der Waals surface area contributed by atoms with E-state index in [0.717, 1.165) is 16.5 Å². The number of cyclic esters (lactones) is 1. The number of aliphatic hydroxyl groups excluding tert-OH is 1. The highest BCUT2D eigenvalue weighted by molar-refractivity contribution is 6.30. The highest BCUT2D eigenvalue weighted by atomic mass is 35.5. The van der Waals surface area contributed by atoms with E-state index in [1.165, 1.54) is 0 Å². The molecule has 7 heteroatoms. The Balaban J connectivity index is 1.77. The van der Waals surface area contributed by atoms with Gasteiger partial charge in [-0.2, -0.15) is 4.57 Å². The molecule has 2 unspecified atom stereocenters. The molecule has 1 N–H and O–H groups in total. The smallest absolute Gasteiger partial charge is 0.345 e. The molecule has 1 aliphatic heterocycles. The third-order valence-corrected chi connectivity index (χ3v) is 6.22. The van der Waals surface area contributed by atoms with Crippen LogP contribution in [0.3, 0.4) is 0 Å². The molecule has 3 heterocycles. The summed E-state index contributed by atoms with van der Waals surface area (Å²) in [7, 11) is 0. The molecule has 0 saturated heterocycles. The SMILES string of the molecule is CC1(C)OC(=O)C(C(c2ccc(Cl)cc2)C(c2ccc3ccccc3n2)[n+]2ccccc2)=C(O)O1. The van der Waals surface area contributed by atoms with Crippen LogP contribution in [0.5, 0.6) is 0 Å². The number of nitrogens with zero attached hydrogens (tertiary/aromatic N) is 2. The molecule has 35 heavy (non-hydrogen) atoms. The number of fused-ring (bicyclic) bond motifs is 1. The fraction of sp³-hybridized carbons (Fsp3) is 0.179. The van der Waals surface area contributed by atoms with Crippen molar-refractivity contribution in [3.8, 4) is 0 Å². The molecule has 2 aromatic heterocycles. The van der Waals surface area contributed by atoms with Crippen molar-refractivity contribution in [1.82, 2.24) is 4.98 Å². The van der Waals surface area contributed by atoms with Crippen LogP contribution in [0.1, 0.15) is 37.1 Å². The van der Waals surface area contributed by atoms with Gasteiger partial charge in [0.05, 0.1) is 11.4 Å². The van der Waals surface area contributed by atoms with Gasteiger partial charge in [-0.05, 0) is 29.8 Å². The number of rotatable bonds is 5. The molecule has 0 fully saturated rings. The standard InChI is InChI=1S/C28H23ClN2O4/c1-28(2)34-26(32)24(27(33)35-28)23(19-10-13-20(29)14-11-19)25(31-16-6-3-7-17-31)22-15-12-18-8-4-5-9-21(18)30-22/h3-17,23,25H,1-2H3/p+1. The zero-order valence-electron chi connectivity index (χ0n) is 19.3. The Morgan fingerprint density at radius 2 is 1.63 bits per heavy atom. The van der Waals surface area contributed by atoms with Gasteiger partial charge in [0.1, 0.15) is 11.3 Å². The van der Waals surface area contributed by atoms with Gasteiger partial charge in [-0.3, -0.25) is 0 Å². The highest BCUT2D eigenvalue weighted by Crippen LogP contribution is 2.41. The van der Waals surface area contributed by atoms with E-state index >= 15 is 0 Å². The largest absolute Gasteiger partial charge is 0.480 e. The van der Waals surface area contributed by atoms with Gasteiger partial charge in [-0.25, -0.2) is 9.78 Å². The fourth-order valence-corrected chi connectivity index (χ4v) is 4.58. The predicted molar refractivity (Wildman–Crippen MR) is 132 cm³/mol. The van der Waals surface area contributed by atoms with Crippen LogP contribution in [0.2, 0.25) is 5.02 Å². The van der Waals surface area contributed by atoms with Crippen molar-refractivity contribution in [2.75, 3.05) is 0 Å². The lowest BCUT2D eigenvalue weighted by atomic mass is 9.82. The molecule has 0 spiro atoms. The number of carbonyl (C=O) groups excluding carboxylic acids is 1. The molecule has 0 aliphatic carbocycles. The Kier molecular flexibility index (Phi) is 5.91. The predicted octanol–water partition coefficient (Wildman–Crippen LogP) is 5.63. The summed E-state index contributed by atoms with van der Waals surface area (Å²) in [5, 5.41) is 12.5. The van der Waals surface area contributed by atoms with Crippen LogP contribution in [0.25, 0.3) is 10.9 Å². The Bertz CT molecular complexity index is 1420. The van der Waals surface area contributed by atoms with E-state index in [2.05, 4.69) is 0 Å². The molecule has 0 saturated carbocycles. The zero-order valence-corrected chi connectivity index (χ0v) is 20.0. The summed E-state index contributed by atoms with van der Waals surface area (Å²) in [6.45, 7) is 3.15. The van der Waals surface area contributed by atoms with Crippen LogP contribution in [-0.4, -0.2) is 21.8 Å². The van der Waals surface area contributed by atoms with E-state index in [0.29, 0.717) is 10.7 Å². The molecule has 5 rings (SSSR count). The van der Waals surface area contributed by atoms with Crippen molar-refractivity contribution in [3.05, 3.63) is 119 Å². The van der Waals surface area contributed by atoms with Gasteiger partial charge in [0.15, 0.2) is 12.4 Å². The normalized spacial score (nSPS) is 16.9. The summed E-state index contributed by atoms with van der Waals surface area (Å²) in [4.78, 5) is 18.3. The summed E-state index contributed by atoms with van der Waals surface area (Å²) in [6, 6.07) is 24.1. The average Bonchev–Trinajstić information content (AvgIpc) is 2.83. The molecular formula is C28H24ClN2O4+. The van der Waals surface area contributed by atoms with E-state index in [4.69, 9.17) is 26.1 Å². The maximum absolute atomic E-state index is 13.3. The summed E-state index contributed by atoms with van der Waals surface area (Å²) >= 11 is 6.18. The molecule has 1 aliphatic rings. The quantitative estimate of drug-likeness (QED) is 0.292. The van der Waals surface area contributed by atoms with Gasteiger partial charge in [0.2, 0.25) is 6.04 Å². The minimum atomic E-state index is -1.29. The Hall–Kier alpha value is -3.90. The summed E-state index contributed by atoms with van der Waals surface area (Å²) in [6.07, 6.45) is 3.81. The average molecular weight is 488 g/mol. The summed E-state index contributed by atoms with van der Waals surface area (Å²) in [5.41, 5.74) is 2.29. The Morgan fingerprint density at radius 3 is 2.34 bits per heavy atom. The fourth-order valence-electron chi connectivity index (χ4n) is 4.45. The van der Waals surface area contributed by atoms with Crippen LogP contribution >= 0.6 is 11.6 Å². The van der Waals surface area contributed by atoms with Gasteiger partial charge >= 0.3 is 5.97 Å². The van der Waals surface area contributed by atoms with E-state index in [1.54, 1.807) is 26.0 Å². The number of ether oxygens (including phenoxy) is 2. The highest BCUT2D eigenvalue weighted by Gasteiger charge is 2.47. The molecule has 0 radical (unpaired) electrons. The second-order valence-corrected chi connectivity index (χ2v) is 9.27. The van der Waals surface area contributed by atoms with Crippen molar-refractivity contribution < 1.29 is 23.9 Å². The topological polar surface area (TPSA) is 72.5 Å². The summed E-state index contributed by atoms with van der Waals surface area (Å²) < 4.78 is 13.1. The number of hydrogen-bond acceptors (Lipinski definition) is 5. The van der Waals surface area contributed by atoms with Gasteiger partial charge in [-0.15, -0.1) is 0 Å². The first kappa shape index (κ1) is 22.9. The second-order valence-electron chi connectivity index (χ2n) is 8.84. The number of para-hydroxylation sites is 1. The number of carbonyl (C=O) groups is 1. The molecule has 4 aromatic rings. The number of benzene rings is 2. The van der Waals surface area contributed by atoms with E-state index in [9.17, 15) is 9.90 Å².